The van der Waals surface area contributed by atoms with E-state index in [1.807, 2.05) is 60.7 Å². The Morgan fingerprint density at radius 3 is 1.97 bits per heavy atom. The average Bonchev–Trinajstić information content (AvgIpc) is 3.29. The number of amides is 2. The Kier molecular flexibility index (Phi) is 6.25. The zero-order chi connectivity index (χ0) is 21.5. The Hall–Kier alpha value is -4.10. The monoisotopic (exact) mass is 426 g/mol. The first-order valence-electron chi connectivity index (χ1n) is 9.50. The molecule has 0 spiro atoms. The normalized spacial score (nSPS) is 10.2. The summed E-state index contributed by atoms with van der Waals surface area (Å²) >= 11 is 1.23. The number of rotatable bonds is 6. The molecule has 31 heavy (non-hydrogen) atoms. The molecule has 0 unspecified atom stereocenters. The van der Waals surface area contributed by atoms with Gasteiger partial charge in [-0.2, -0.15) is 5.10 Å². The zero-order valence-electron chi connectivity index (χ0n) is 16.4. The first kappa shape index (κ1) is 20.2. The van der Waals surface area contributed by atoms with Gasteiger partial charge in [0.05, 0.1) is 11.4 Å². The maximum atomic E-state index is 12.8. The van der Waals surface area contributed by atoms with Crippen molar-refractivity contribution in [2.75, 3.05) is 5.32 Å². The predicted octanol–water partition coefficient (Wildman–Crippen LogP) is 4.58. The number of benzene rings is 2. The summed E-state index contributed by atoms with van der Waals surface area (Å²) in [5.41, 5.74) is 5.93. The molecule has 4 rings (SSSR count). The first-order valence-corrected chi connectivity index (χ1v) is 10.4. The molecule has 0 saturated carbocycles. The van der Waals surface area contributed by atoms with Crippen LogP contribution in [-0.4, -0.2) is 22.5 Å². The van der Waals surface area contributed by atoms with Gasteiger partial charge in [0.2, 0.25) is 0 Å². The minimum absolute atomic E-state index is 0.312. The summed E-state index contributed by atoms with van der Waals surface area (Å²) in [7, 11) is 0. The number of hydrogen-bond donors (Lipinski definition) is 2. The molecule has 0 aliphatic heterocycles. The van der Waals surface area contributed by atoms with Crippen molar-refractivity contribution in [2.24, 2.45) is 5.10 Å². The van der Waals surface area contributed by atoms with Gasteiger partial charge in [-0.15, -0.1) is 11.3 Å². The largest absolute Gasteiger partial charge is 0.320 e. The lowest BCUT2D eigenvalue weighted by atomic mass is 10.0. The van der Waals surface area contributed by atoms with Crippen LogP contribution in [0.1, 0.15) is 31.2 Å². The molecule has 0 fully saturated rings. The van der Waals surface area contributed by atoms with Crippen molar-refractivity contribution in [1.82, 2.24) is 10.4 Å². The number of pyridine rings is 1. The number of anilines is 1. The molecule has 152 valence electrons. The van der Waals surface area contributed by atoms with Gasteiger partial charge in [0.15, 0.2) is 0 Å². The number of hydrogen-bond acceptors (Lipinski definition) is 5. The van der Waals surface area contributed by atoms with Crippen LogP contribution in [0.2, 0.25) is 0 Å². The highest BCUT2D eigenvalue weighted by Crippen LogP contribution is 2.23. The van der Waals surface area contributed by atoms with E-state index < -0.39 is 5.91 Å². The third-order valence-corrected chi connectivity index (χ3v) is 5.34. The van der Waals surface area contributed by atoms with Gasteiger partial charge in [-0.3, -0.25) is 14.6 Å². The Morgan fingerprint density at radius 1 is 0.742 bits per heavy atom. The highest BCUT2D eigenvalue weighted by atomic mass is 32.1. The number of hydrazone groups is 1. The number of aromatic nitrogens is 1. The molecule has 0 radical (unpaired) electrons. The molecule has 0 atom stereocenters. The van der Waals surface area contributed by atoms with Crippen molar-refractivity contribution >= 4 is 34.6 Å². The fourth-order valence-corrected chi connectivity index (χ4v) is 3.67. The fourth-order valence-electron chi connectivity index (χ4n) is 2.93. The quantitative estimate of drug-likeness (QED) is 0.350. The smallest absolute Gasteiger partial charge is 0.283 e. The minimum atomic E-state index is -0.399. The molecule has 0 bridgehead atoms. The molecule has 2 N–H and O–H groups in total. The second kappa shape index (κ2) is 9.60. The van der Waals surface area contributed by atoms with E-state index in [4.69, 9.17) is 0 Å². The van der Waals surface area contributed by atoms with Gasteiger partial charge in [-0.25, -0.2) is 5.43 Å². The molecule has 2 aromatic heterocycles. The lowest BCUT2D eigenvalue weighted by Crippen LogP contribution is -2.21. The second-order valence-electron chi connectivity index (χ2n) is 6.49. The summed E-state index contributed by atoms with van der Waals surface area (Å²) < 4.78 is 0. The number of nitrogens with zero attached hydrogens (tertiary/aromatic N) is 2. The van der Waals surface area contributed by atoms with Crippen LogP contribution in [0.25, 0.3) is 0 Å². The van der Waals surface area contributed by atoms with Gasteiger partial charge in [-0.05, 0) is 23.6 Å². The van der Waals surface area contributed by atoms with Crippen molar-refractivity contribution in [3.63, 3.8) is 0 Å². The molecule has 4 aromatic rings. The van der Waals surface area contributed by atoms with Crippen molar-refractivity contribution in [2.45, 2.75) is 0 Å². The molecule has 0 saturated heterocycles. The minimum Gasteiger partial charge on any atom is -0.320 e. The third kappa shape index (κ3) is 4.91. The number of nitrogens with one attached hydrogen (secondary N) is 2. The molecule has 2 heterocycles. The Morgan fingerprint density at radius 2 is 1.35 bits per heavy atom. The second-order valence-corrected chi connectivity index (χ2v) is 7.40. The highest BCUT2D eigenvalue weighted by Gasteiger charge is 2.16. The summed E-state index contributed by atoms with van der Waals surface area (Å²) in [4.78, 5) is 29.5. The van der Waals surface area contributed by atoms with Crippen LogP contribution in [-0.2, 0) is 0 Å². The Balaban J connectivity index is 1.56. The Bertz CT molecular complexity index is 1160. The average molecular weight is 427 g/mol. The van der Waals surface area contributed by atoms with Gasteiger partial charge >= 0.3 is 0 Å². The molecular formula is C24H18N4O2S. The lowest BCUT2D eigenvalue weighted by molar-refractivity contribution is 0.0959. The predicted molar refractivity (Wildman–Crippen MR) is 122 cm³/mol. The highest BCUT2D eigenvalue weighted by molar-refractivity contribution is 7.12. The molecule has 2 aromatic carbocycles. The third-order valence-electron chi connectivity index (χ3n) is 4.43. The van der Waals surface area contributed by atoms with Crippen molar-refractivity contribution in [1.29, 1.82) is 0 Å². The van der Waals surface area contributed by atoms with Crippen LogP contribution >= 0.6 is 11.3 Å². The van der Waals surface area contributed by atoms with Crippen molar-refractivity contribution in [3.8, 4) is 0 Å². The van der Waals surface area contributed by atoms with Crippen molar-refractivity contribution in [3.05, 3.63) is 118 Å². The van der Waals surface area contributed by atoms with E-state index >= 15 is 0 Å². The van der Waals surface area contributed by atoms with E-state index in [1.165, 1.54) is 11.3 Å². The van der Waals surface area contributed by atoms with Crippen molar-refractivity contribution < 1.29 is 9.59 Å². The molecular weight excluding hydrogens is 408 g/mol. The fraction of sp³-hybridized carbons (Fsp3) is 0. The topological polar surface area (TPSA) is 83.5 Å². The molecule has 6 nitrogen and oxygen atoms in total. The molecule has 7 heteroatoms. The van der Waals surface area contributed by atoms with Crippen LogP contribution in [0.5, 0.6) is 0 Å². The van der Waals surface area contributed by atoms with E-state index in [9.17, 15) is 9.59 Å². The molecule has 0 aliphatic rings. The summed E-state index contributed by atoms with van der Waals surface area (Å²) in [5, 5.41) is 8.92. The number of carbonyl (C=O) groups excluding carboxylic acids is 2. The van der Waals surface area contributed by atoms with Crippen LogP contribution in [0.3, 0.4) is 0 Å². The van der Waals surface area contributed by atoms with E-state index in [0.29, 0.717) is 21.8 Å². The van der Waals surface area contributed by atoms with Gasteiger partial charge in [0, 0.05) is 29.1 Å². The SMILES string of the molecule is O=C(Nc1ccsc1C(=O)NN=C(c1ccccc1)c1ccccc1)c1ccncc1. The summed E-state index contributed by atoms with van der Waals surface area (Å²) in [6.45, 7) is 0. The number of carbonyl (C=O) groups is 2. The maximum Gasteiger partial charge on any atom is 0.283 e. The Labute approximate surface area is 183 Å². The lowest BCUT2D eigenvalue weighted by Gasteiger charge is -2.09. The first-order chi connectivity index (χ1) is 15.2. The summed E-state index contributed by atoms with van der Waals surface area (Å²) in [6, 6.07) is 24.2. The number of thiophene rings is 1. The van der Waals surface area contributed by atoms with Crippen LogP contribution < -0.4 is 10.7 Å². The van der Waals surface area contributed by atoms with E-state index in [-0.39, 0.29) is 5.91 Å². The molecule has 0 aliphatic carbocycles. The zero-order valence-corrected chi connectivity index (χ0v) is 17.2. The standard InChI is InChI=1S/C24H18N4O2S/c29-23(19-11-14-25-15-12-19)26-20-13-16-31-22(20)24(30)28-27-21(17-7-3-1-4-8-17)18-9-5-2-6-10-18/h1-16H,(H,26,29)(H,28,30). The maximum absolute atomic E-state index is 12.8. The van der Waals surface area contributed by atoms with Gasteiger partial charge in [0.1, 0.15) is 4.88 Å². The van der Waals surface area contributed by atoms with Crippen LogP contribution in [0.4, 0.5) is 5.69 Å². The van der Waals surface area contributed by atoms with Crippen LogP contribution in [0, 0.1) is 0 Å². The van der Waals surface area contributed by atoms with Gasteiger partial charge in [-0.1, -0.05) is 60.7 Å². The van der Waals surface area contributed by atoms with E-state index in [0.717, 1.165) is 11.1 Å². The van der Waals surface area contributed by atoms with Gasteiger partial charge in [0.25, 0.3) is 11.8 Å². The summed E-state index contributed by atoms with van der Waals surface area (Å²) in [6.07, 6.45) is 3.08. The van der Waals surface area contributed by atoms with Gasteiger partial charge < -0.3 is 5.32 Å². The summed E-state index contributed by atoms with van der Waals surface area (Å²) in [5.74, 6) is -0.711. The van der Waals surface area contributed by atoms with E-state index in [2.05, 4.69) is 20.8 Å². The van der Waals surface area contributed by atoms with E-state index in [1.54, 1.807) is 36.0 Å². The van der Waals surface area contributed by atoms with Crippen LogP contribution in [0.15, 0.2) is 102 Å². The molecule has 2 amide bonds.